The molecular weight excluding hydrogens is 633 g/mol. The van der Waals surface area contributed by atoms with Gasteiger partial charge in [-0.3, -0.25) is 9.59 Å². The molecule has 0 fully saturated rings. The zero-order chi connectivity index (χ0) is 11.4. The van der Waals surface area contributed by atoms with Gasteiger partial charge < -0.3 is 0 Å². The molecule has 95 valence electrons. The van der Waals surface area contributed by atoms with E-state index in [4.69, 9.17) is 0 Å². The van der Waals surface area contributed by atoms with E-state index in [-0.39, 0.29) is 175 Å². The summed E-state index contributed by atoms with van der Waals surface area (Å²) in [5.74, 6) is -0.615. The van der Waals surface area contributed by atoms with Gasteiger partial charge in [0.05, 0.1) is 5.92 Å². The van der Waals surface area contributed by atoms with Crippen LogP contribution in [0.3, 0.4) is 0 Å². The Morgan fingerprint density at radius 1 is 1.05 bits per heavy atom. The van der Waals surface area contributed by atoms with Crippen molar-refractivity contribution in [2.75, 3.05) is 0 Å². The predicted octanol–water partition coefficient (Wildman–Crippen LogP) is 2.12. The number of hydrogen-bond donors (Lipinski definition) is 0. The molecule has 1 aromatic carbocycles. The van der Waals surface area contributed by atoms with Crippen LogP contribution in [0.5, 0.6) is 0 Å². The van der Waals surface area contributed by atoms with Crippen LogP contribution < -0.4 is 0 Å². The van der Waals surface area contributed by atoms with Crippen molar-refractivity contribution in [1.29, 1.82) is 0 Å². The van der Waals surface area contributed by atoms with E-state index < -0.39 is 5.92 Å². The van der Waals surface area contributed by atoms with E-state index in [0.29, 0.717) is 6.42 Å². The molecule has 1 rings (SSSR count). The maximum Gasteiger partial charge on any atom is 0.140 e. The molecule has 5 radical (unpaired) electrons. The molecular formula is C13H15O2Y5-. The molecule has 0 saturated carbocycles. The second-order valence-electron chi connectivity index (χ2n) is 3.83. The molecule has 0 aromatic heterocycles. The fraction of sp³-hybridized carbons (Fsp3) is 0.385. The van der Waals surface area contributed by atoms with Crippen molar-refractivity contribution in [3.63, 3.8) is 0 Å². The molecule has 1 aromatic rings. The minimum Gasteiger partial charge on any atom is -0.299 e. The molecule has 0 spiro atoms. The second kappa shape index (κ2) is 19.4. The summed E-state index contributed by atoms with van der Waals surface area (Å²) in [5.41, 5.74) is 2.12. The van der Waals surface area contributed by atoms with Crippen LogP contribution in [0.15, 0.2) is 18.2 Å². The van der Waals surface area contributed by atoms with E-state index in [1.807, 2.05) is 19.1 Å². The summed E-state index contributed by atoms with van der Waals surface area (Å²) in [6.45, 7) is 4.90. The summed E-state index contributed by atoms with van der Waals surface area (Å²) in [5, 5.41) is 0. The van der Waals surface area contributed by atoms with Crippen LogP contribution in [-0.2, 0) is 180 Å². The van der Waals surface area contributed by atoms with Crippen LogP contribution in [0.25, 0.3) is 0 Å². The number of carbonyl (C=O) groups excluding carboxylic acids is 2. The first-order valence-electron chi connectivity index (χ1n) is 4.99. The van der Waals surface area contributed by atoms with Crippen molar-refractivity contribution in [2.24, 2.45) is 5.92 Å². The van der Waals surface area contributed by atoms with Gasteiger partial charge in [-0.2, -0.15) is 35.4 Å². The molecule has 20 heavy (non-hydrogen) atoms. The van der Waals surface area contributed by atoms with Gasteiger partial charge in [-0.1, -0.05) is 6.92 Å². The van der Waals surface area contributed by atoms with Gasteiger partial charge in [-0.15, -0.1) is 0 Å². The first kappa shape index (κ1) is 35.2. The topological polar surface area (TPSA) is 34.1 Å². The van der Waals surface area contributed by atoms with E-state index in [1.54, 1.807) is 6.07 Å². The van der Waals surface area contributed by atoms with Gasteiger partial charge >= 0.3 is 0 Å². The summed E-state index contributed by atoms with van der Waals surface area (Å²) >= 11 is 0. The van der Waals surface area contributed by atoms with E-state index in [9.17, 15) is 9.59 Å². The number of aryl methyl sites for hydroxylation is 1. The predicted molar refractivity (Wildman–Crippen MR) is 58.6 cm³/mol. The molecule has 2 nitrogen and oxygen atoms in total. The monoisotopic (exact) mass is 648 g/mol. The first-order valence-corrected chi connectivity index (χ1v) is 4.99. The van der Waals surface area contributed by atoms with Gasteiger partial charge in [-0.25, -0.2) is 0 Å². The molecule has 0 aliphatic rings. The summed E-state index contributed by atoms with van der Waals surface area (Å²) in [4.78, 5) is 22.5. The van der Waals surface area contributed by atoms with Crippen LogP contribution in [0, 0.1) is 18.9 Å². The molecule has 0 aliphatic heterocycles. The average molecular weight is 648 g/mol. The molecule has 0 bridgehead atoms. The fourth-order valence-electron chi connectivity index (χ4n) is 1.57. The molecule has 0 heterocycles. The Morgan fingerprint density at radius 2 is 1.50 bits per heavy atom. The van der Waals surface area contributed by atoms with E-state index >= 15 is 0 Å². The van der Waals surface area contributed by atoms with Crippen LogP contribution in [-0.4, -0.2) is 11.6 Å². The Bertz CT molecular complexity index is 382. The third kappa shape index (κ3) is 13.4. The Labute approximate surface area is 247 Å². The SMILES string of the molecule is CC(=O)C(Cc1cc[c-]cc1C)C(C)=O.[Y].[Y].[Y].[Y].[Y]. The quantitative estimate of drug-likeness (QED) is 0.371. The Kier molecular flexibility index (Phi) is 34.2. The summed E-state index contributed by atoms with van der Waals surface area (Å²) in [7, 11) is 0. The van der Waals surface area contributed by atoms with Crippen molar-refractivity contribution in [1.82, 2.24) is 0 Å². The maximum atomic E-state index is 11.3. The van der Waals surface area contributed by atoms with Gasteiger partial charge in [0.25, 0.3) is 0 Å². The van der Waals surface area contributed by atoms with Gasteiger partial charge in [0.1, 0.15) is 11.6 Å². The Balaban J connectivity index is -0.000000150. The third-order valence-electron chi connectivity index (χ3n) is 2.59. The van der Waals surface area contributed by atoms with E-state index in [0.717, 1.165) is 11.1 Å². The van der Waals surface area contributed by atoms with Gasteiger partial charge in [0.2, 0.25) is 0 Å². The smallest absolute Gasteiger partial charge is 0.140 e. The summed E-state index contributed by atoms with van der Waals surface area (Å²) in [6, 6.07) is 8.55. The minimum atomic E-state index is -0.494. The zero-order valence-corrected chi connectivity index (χ0v) is 26.4. The fourth-order valence-corrected chi connectivity index (χ4v) is 1.57. The van der Waals surface area contributed by atoms with Crippen molar-refractivity contribution in [3.8, 4) is 0 Å². The van der Waals surface area contributed by atoms with E-state index in [2.05, 4.69) is 6.07 Å². The molecule has 0 atom stereocenters. The van der Waals surface area contributed by atoms with Crippen LogP contribution in [0.2, 0.25) is 0 Å². The third-order valence-corrected chi connectivity index (χ3v) is 2.59. The van der Waals surface area contributed by atoms with Gasteiger partial charge in [-0.05, 0) is 20.3 Å². The molecule has 0 unspecified atom stereocenters. The minimum absolute atomic E-state index is 0. The number of carbonyl (C=O) groups is 2. The Hall–Kier alpha value is 4.08. The number of rotatable bonds is 4. The van der Waals surface area contributed by atoms with Crippen LogP contribution >= 0.6 is 0 Å². The van der Waals surface area contributed by atoms with Crippen molar-refractivity contribution < 1.29 is 173 Å². The molecule has 0 aliphatic carbocycles. The van der Waals surface area contributed by atoms with Gasteiger partial charge in [0, 0.05) is 164 Å². The maximum absolute atomic E-state index is 11.3. The number of hydrogen-bond acceptors (Lipinski definition) is 2. The molecule has 0 N–H and O–H groups in total. The zero-order valence-electron chi connectivity index (χ0n) is 12.2. The van der Waals surface area contributed by atoms with Crippen LogP contribution in [0.1, 0.15) is 25.0 Å². The standard InChI is InChI=1S/C13H15O2.5Y/c1-9-6-4-5-7-12(9)8-13(10(2)14)11(3)15;;;;;/h5-7,13H,8H2,1-3H3;;;;;/q-1;;;;;. The van der Waals surface area contributed by atoms with Crippen LogP contribution in [0.4, 0.5) is 0 Å². The van der Waals surface area contributed by atoms with Crippen molar-refractivity contribution in [2.45, 2.75) is 27.2 Å². The van der Waals surface area contributed by atoms with Crippen molar-refractivity contribution in [3.05, 3.63) is 35.4 Å². The molecule has 0 amide bonds. The second-order valence-corrected chi connectivity index (χ2v) is 3.83. The molecule has 7 heteroatoms. The largest absolute Gasteiger partial charge is 0.299 e. The molecule has 0 saturated heterocycles. The van der Waals surface area contributed by atoms with E-state index in [1.165, 1.54) is 13.8 Å². The number of benzene rings is 1. The summed E-state index contributed by atoms with van der Waals surface area (Å²) in [6.07, 6.45) is 0.505. The number of Topliss-reactive ketones (excluding diaryl/α,β-unsaturated/α-hetero) is 2. The number of ketones is 2. The van der Waals surface area contributed by atoms with Gasteiger partial charge in [0.15, 0.2) is 0 Å². The average Bonchev–Trinajstić information content (AvgIpc) is 2.15. The first-order chi connectivity index (χ1) is 7.02. The normalized spacial score (nSPS) is 7.80. The summed E-state index contributed by atoms with van der Waals surface area (Å²) < 4.78 is 0. The van der Waals surface area contributed by atoms with Crippen molar-refractivity contribution >= 4 is 11.6 Å². The Morgan fingerprint density at radius 3 is 1.85 bits per heavy atom.